The van der Waals surface area contributed by atoms with Gasteiger partial charge in [-0.1, -0.05) is 46.3 Å². The van der Waals surface area contributed by atoms with Crippen LogP contribution in [0.1, 0.15) is 24.0 Å². The second kappa shape index (κ2) is 13.2. The van der Waals surface area contributed by atoms with Crippen LogP contribution in [-0.2, 0) is 25.8 Å². The maximum Gasteiger partial charge on any atom is 0.251 e. The standard InChI is InChI=1S/C29H31BrN2O6S/c30-24-11-7-22(8-12-24)15-17-31-28(34)29(16-20-39(35,36)26-5-2-1-3-6-26)21-38-27(32-29)23-9-13-25(14-10-23)37-19-4-18-33/h1-3,5-14,33H,4,15-21H2,(H,31,34)/t29-/m1/s1. The Balaban J connectivity index is 1.51. The van der Waals surface area contributed by atoms with Gasteiger partial charge in [0.15, 0.2) is 15.4 Å². The van der Waals surface area contributed by atoms with Crippen molar-refractivity contribution in [3.05, 3.63) is 94.5 Å². The number of amides is 1. The molecule has 10 heteroatoms. The molecule has 1 aliphatic rings. The zero-order chi connectivity index (χ0) is 27.7. The molecule has 0 fully saturated rings. The number of nitrogens with zero attached hydrogens (tertiary/aromatic N) is 1. The first kappa shape index (κ1) is 28.8. The van der Waals surface area contributed by atoms with Gasteiger partial charge in [0.1, 0.15) is 12.4 Å². The molecule has 2 N–H and O–H groups in total. The van der Waals surface area contributed by atoms with Crippen molar-refractivity contribution in [2.75, 3.05) is 32.1 Å². The van der Waals surface area contributed by atoms with E-state index in [1.165, 1.54) is 0 Å². The average Bonchev–Trinajstić information content (AvgIpc) is 3.40. The average molecular weight is 616 g/mol. The molecule has 1 aliphatic heterocycles. The Bertz CT molecular complexity index is 1380. The lowest BCUT2D eigenvalue weighted by Crippen LogP contribution is -2.48. The van der Waals surface area contributed by atoms with Gasteiger partial charge in [-0.2, -0.15) is 0 Å². The minimum atomic E-state index is -3.63. The number of carbonyl (C=O) groups is 1. The van der Waals surface area contributed by atoms with Crippen LogP contribution in [0.4, 0.5) is 0 Å². The molecule has 0 bridgehead atoms. The van der Waals surface area contributed by atoms with Gasteiger partial charge in [-0.3, -0.25) is 4.79 Å². The van der Waals surface area contributed by atoms with E-state index in [9.17, 15) is 13.2 Å². The van der Waals surface area contributed by atoms with E-state index >= 15 is 0 Å². The molecule has 0 aromatic heterocycles. The third-order valence-electron chi connectivity index (χ3n) is 6.36. The fraction of sp³-hybridized carbons (Fsp3) is 0.310. The predicted molar refractivity (Wildman–Crippen MR) is 153 cm³/mol. The molecule has 3 aromatic rings. The van der Waals surface area contributed by atoms with Crippen molar-refractivity contribution in [3.63, 3.8) is 0 Å². The van der Waals surface area contributed by atoms with Crippen molar-refractivity contribution in [2.24, 2.45) is 4.99 Å². The summed E-state index contributed by atoms with van der Waals surface area (Å²) in [6, 6.07) is 23.1. The molecule has 1 heterocycles. The molecule has 8 nitrogen and oxygen atoms in total. The summed E-state index contributed by atoms with van der Waals surface area (Å²) in [4.78, 5) is 18.4. The van der Waals surface area contributed by atoms with Gasteiger partial charge >= 0.3 is 0 Å². The largest absolute Gasteiger partial charge is 0.494 e. The Labute approximate surface area is 237 Å². The third kappa shape index (κ3) is 7.68. The molecule has 3 aromatic carbocycles. The summed E-state index contributed by atoms with van der Waals surface area (Å²) in [5.41, 5.74) is 0.333. The summed E-state index contributed by atoms with van der Waals surface area (Å²) in [5.74, 6) is 0.283. The Kier molecular flexibility index (Phi) is 9.77. The second-order valence-corrected chi connectivity index (χ2v) is 12.2. The summed E-state index contributed by atoms with van der Waals surface area (Å²) in [6.07, 6.45) is 1.12. The molecule has 0 saturated heterocycles. The number of benzene rings is 3. The molecule has 4 rings (SSSR count). The van der Waals surface area contributed by atoms with Crippen LogP contribution in [0, 0.1) is 0 Å². The predicted octanol–water partition coefficient (Wildman–Crippen LogP) is 3.95. The summed E-state index contributed by atoms with van der Waals surface area (Å²) >= 11 is 3.42. The zero-order valence-corrected chi connectivity index (χ0v) is 23.8. The lowest BCUT2D eigenvalue weighted by Gasteiger charge is -2.23. The second-order valence-electron chi connectivity index (χ2n) is 9.20. The maximum absolute atomic E-state index is 13.5. The van der Waals surface area contributed by atoms with Gasteiger partial charge in [-0.15, -0.1) is 0 Å². The Morgan fingerprint density at radius 1 is 1.05 bits per heavy atom. The highest BCUT2D eigenvalue weighted by Crippen LogP contribution is 2.28. The van der Waals surface area contributed by atoms with Gasteiger partial charge in [0.2, 0.25) is 5.90 Å². The lowest BCUT2D eigenvalue weighted by molar-refractivity contribution is -0.126. The van der Waals surface area contributed by atoms with Gasteiger partial charge in [-0.05, 0) is 66.9 Å². The molecular formula is C29H31BrN2O6S. The number of hydrogen-bond acceptors (Lipinski definition) is 7. The van der Waals surface area contributed by atoms with E-state index in [-0.39, 0.29) is 42.1 Å². The van der Waals surface area contributed by atoms with Crippen molar-refractivity contribution < 1.29 is 27.8 Å². The molecule has 0 saturated carbocycles. The number of nitrogens with one attached hydrogen (secondary N) is 1. The van der Waals surface area contributed by atoms with Gasteiger partial charge < -0.3 is 19.9 Å². The van der Waals surface area contributed by atoms with Crippen LogP contribution in [0.3, 0.4) is 0 Å². The molecule has 39 heavy (non-hydrogen) atoms. The Morgan fingerprint density at radius 2 is 1.77 bits per heavy atom. The van der Waals surface area contributed by atoms with Crippen LogP contribution in [0.2, 0.25) is 0 Å². The topological polar surface area (TPSA) is 114 Å². The van der Waals surface area contributed by atoms with Crippen LogP contribution in [0.5, 0.6) is 5.75 Å². The number of hydrogen-bond donors (Lipinski definition) is 2. The number of carbonyl (C=O) groups excluding carboxylic acids is 1. The lowest BCUT2D eigenvalue weighted by atomic mass is 9.97. The molecular weight excluding hydrogens is 584 g/mol. The Hall–Kier alpha value is -3.21. The van der Waals surface area contributed by atoms with E-state index in [1.54, 1.807) is 54.6 Å². The minimum Gasteiger partial charge on any atom is -0.494 e. The van der Waals surface area contributed by atoms with E-state index < -0.39 is 15.4 Å². The number of aliphatic hydroxyl groups is 1. The number of ether oxygens (including phenoxy) is 2. The van der Waals surface area contributed by atoms with E-state index in [1.807, 2.05) is 24.3 Å². The van der Waals surface area contributed by atoms with Gasteiger partial charge in [-0.25, -0.2) is 13.4 Å². The minimum absolute atomic E-state index is 0.0276. The number of halogens is 1. The normalized spacial score (nSPS) is 16.8. The molecule has 0 spiro atoms. The van der Waals surface area contributed by atoms with E-state index in [0.29, 0.717) is 37.3 Å². The van der Waals surface area contributed by atoms with Crippen molar-refractivity contribution in [1.82, 2.24) is 5.32 Å². The van der Waals surface area contributed by atoms with E-state index in [0.717, 1.165) is 10.0 Å². The quantitative estimate of drug-likeness (QED) is 0.282. The SMILES string of the molecule is O=C(NCCc1ccc(Br)cc1)[C@@]1(CCS(=O)(=O)c2ccccc2)COC(c2ccc(OCCCO)cc2)=N1. The number of rotatable bonds is 13. The highest BCUT2D eigenvalue weighted by atomic mass is 79.9. The molecule has 0 radical (unpaired) electrons. The molecule has 0 aliphatic carbocycles. The molecule has 1 atom stereocenters. The van der Waals surface area contributed by atoms with Crippen molar-refractivity contribution in [1.29, 1.82) is 0 Å². The first-order valence-corrected chi connectivity index (χ1v) is 15.1. The van der Waals surface area contributed by atoms with Crippen molar-refractivity contribution in [3.8, 4) is 5.75 Å². The highest BCUT2D eigenvalue weighted by molar-refractivity contribution is 9.10. The van der Waals surface area contributed by atoms with Crippen LogP contribution < -0.4 is 10.1 Å². The zero-order valence-electron chi connectivity index (χ0n) is 21.4. The fourth-order valence-electron chi connectivity index (χ4n) is 4.09. The monoisotopic (exact) mass is 614 g/mol. The number of aliphatic imine (C=N–C) groups is 1. The summed E-state index contributed by atoms with van der Waals surface area (Å²) in [7, 11) is -3.63. The molecule has 0 unspecified atom stereocenters. The van der Waals surface area contributed by atoms with E-state index in [2.05, 4.69) is 26.2 Å². The van der Waals surface area contributed by atoms with Gasteiger partial charge in [0.25, 0.3) is 5.91 Å². The van der Waals surface area contributed by atoms with Gasteiger partial charge in [0, 0.05) is 29.6 Å². The van der Waals surface area contributed by atoms with Gasteiger partial charge in [0.05, 0.1) is 17.3 Å². The van der Waals surface area contributed by atoms with Crippen LogP contribution >= 0.6 is 15.9 Å². The Morgan fingerprint density at radius 3 is 2.46 bits per heavy atom. The first-order valence-electron chi connectivity index (χ1n) is 12.7. The van der Waals surface area contributed by atoms with Crippen molar-refractivity contribution >= 4 is 37.6 Å². The summed E-state index contributed by atoms with van der Waals surface area (Å²) < 4.78 is 38.5. The summed E-state index contributed by atoms with van der Waals surface area (Å²) in [5, 5.41) is 11.9. The highest BCUT2D eigenvalue weighted by Gasteiger charge is 2.45. The third-order valence-corrected chi connectivity index (χ3v) is 8.62. The van der Waals surface area contributed by atoms with Crippen molar-refractivity contribution in [2.45, 2.75) is 29.7 Å². The summed E-state index contributed by atoms with van der Waals surface area (Å²) in [6.45, 7) is 0.757. The van der Waals surface area contributed by atoms with Crippen LogP contribution in [-0.4, -0.2) is 63.0 Å². The smallest absolute Gasteiger partial charge is 0.251 e. The molecule has 206 valence electrons. The first-order chi connectivity index (χ1) is 18.8. The number of sulfone groups is 1. The van der Waals surface area contributed by atoms with E-state index in [4.69, 9.17) is 14.6 Å². The van der Waals surface area contributed by atoms with Crippen LogP contribution in [0.15, 0.2) is 93.2 Å². The number of aliphatic hydroxyl groups excluding tert-OH is 1. The van der Waals surface area contributed by atoms with Crippen LogP contribution in [0.25, 0.3) is 0 Å². The molecule has 1 amide bonds. The maximum atomic E-state index is 13.5. The fourth-order valence-corrected chi connectivity index (χ4v) is 5.76.